The largest absolute Gasteiger partial charge is 0.456 e. The third-order valence-corrected chi connectivity index (χ3v) is 4.93. The van der Waals surface area contributed by atoms with E-state index in [9.17, 15) is 9.90 Å². The first-order chi connectivity index (χ1) is 9.94. The summed E-state index contributed by atoms with van der Waals surface area (Å²) in [6.07, 6.45) is -1.10. The van der Waals surface area contributed by atoms with Gasteiger partial charge in [-0.3, -0.25) is 0 Å². The van der Waals surface area contributed by atoms with Crippen LogP contribution in [0.1, 0.15) is 30.6 Å². The Labute approximate surface area is 122 Å². The molecule has 0 amide bonds. The summed E-state index contributed by atoms with van der Waals surface area (Å²) in [5, 5.41) is 10.5. The topological polar surface area (TPSA) is 68.3 Å². The van der Waals surface area contributed by atoms with Gasteiger partial charge in [0.25, 0.3) is 0 Å². The number of benzene rings is 1. The SMILES string of the molecule is C[C@@]12O[C@@](C)(C[C@H](OC(=O)c3ccccc3)[C@@H]1O)[C@@H]1O[C@@H]12. The van der Waals surface area contributed by atoms with Gasteiger partial charge < -0.3 is 19.3 Å². The second-order valence-corrected chi connectivity index (χ2v) is 6.53. The summed E-state index contributed by atoms with van der Waals surface area (Å²) in [6, 6.07) is 8.81. The fourth-order valence-electron chi connectivity index (χ4n) is 3.78. The normalized spacial score (nSPS) is 46.8. The molecule has 1 aromatic rings. The van der Waals surface area contributed by atoms with Crippen LogP contribution in [-0.2, 0) is 14.2 Å². The van der Waals surface area contributed by atoms with E-state index in [1.54, 1.807) is 24.3 Å². The minimum Gasteiger partial charge on any atom is -0.456 e. The van der Waals surface area contributed by atoms with E-state index in [1.807, 2.05) is 19.9 Å². The lowest BCUT2D eigenvalue weighted by molar-refractivity contribution is -0.253. The average molecular weight is 290 g/mol. The maximum Gasteiger partial charge on any atom is 0.338 e. The van der Waals surface area contributed by atoms with Crippen LogP contribution in [0.4, 0.5) is 0 Å². The summed E-state index contributed by atoms with van der Waals surface area (Å²) < 4.78 is 17.2. The fraction of sp³-hybridized carbons (Fsp3) is 0.562. The molecule has 3 fully saturated rings. The number of aliphatic hydroxyl groups excluding tert-OH is 1. The molecule has 0 aromatic heterocycles. The third kappa shape index (κ3) is 1.78. The molecule has 5 heteroatoms. The molecule has 5 nitrogen and oxygen atoms in total. The Morgan fingerprint density at radius 2 is 2.00 bits per heavy atom. The van der Waals surface area contributed by atoms with E-state index in [0.29, 0.717) is 12.0 Å². The highest BCUT2D eigenvalue weighted by Crippen LogP contribution is 2.58. The zero-order valence-corrected chi connectivity index (χ0v) is 12.0. The summed E-state index contributed by atoms with van der Waals surface area (Å²) in [7, 11) is 0. The molecule has 3 saturated heterocycles. The van der Waals surface area contributed by atoms with Crippen LogP contribution in [0.5, 0.6) is 0 Å². The number of carbonyl (C=O) groups excluding carboxylic acids is 1. The first-order valence-electron chi connectivity index (χ1n) is 7.24. The van der Waals surface area contributed by atoms with Gasteiger partial charge >= 0.3 is 5.97 Å². The summed E-state index contributed by atoms with van der Waals surface area (Å²) in [6.45, 7) is 3.79. The monoisotopic (exact) mass is 290 g/mol. The fourth-order valence-corrected chi connectivity index (χ4v) is 3.78. The van der Waals surface area contributed by atoms with Crippen molar-refractivity contribution in [3.05, 3.63) is 35.9 Å². The van der Waals surface area contributed by atoms with Gasteiger partial charge in [0, 0.05) is 6.42 Å². The van der Waals surface area contributed by atoms with Gasteiger partial charge in [-0.2, -0.15) is 0 Å². The highest BCUT2D eigenvalue weighted by Gasteiger charge is 2.76. The van der Waals surface area contributed by atoms with E-state index >= 15 is 0 Å². The lowest BCUT2D eigenvalue weighted by Gasteiger charge is -2.45. The number of hydrogen-bond donors (Lipinski definition) is 1. The molecular weight excluding hydrogens is 272 g/mol. The van der Waals surface area contributed by atoms with Gasteiger partial charge in [0.05, 0.1) is 11.2 Å². The second kappa shape index (κ2) is 4.06. The molecule has 21 heavy (non-hydrogen) atoms. The second-order valence-electron chi connectivity index (χ2n) is 6.53. The Morgan fingerprint density at radius 1 is 1.29 bits per heavy atom. The van der Waals surface area contributed by atoms with E-state index in [4.69, 9.17) is 14.2 Å². The highest BCUT2D eigenvalue weighted by molar-refractivity contribution is 5.89. The van der Waals surface area contributed by atoms with Crippen LogP contribution < -0.4 is 0 Å². The predicted octanol–water partition coefficient (Wildman–Crippen LogP) is 1.29. The van der Waals surface area contributed by atoms with Crippen molar-refractivity contribution in [3.63, 3.8) is 0 Å². The van der Waals surface area contributed by atoms with Gasteiger partial charge in [0.1, 0.15) is 30.0 Å². The van der Waals surface area contributed by atoms with E-state index < -0.39 is 29.4 Å². The molecule has 3 heterocycles. The summed E-state index contributed by atoms with van der Waals surface area (Å²) in [5.41, 5.74) is -0.792. The van der Waals surface area contributed by atoms with E-state index in [0.717, 1.165) is 0 Å². The maximum atomic E-state index is 12.2. The number of carbonyl (C=O) groups is 1. The average Bonchev–Trinajstić information content (AvgIpc) is 3.24. The molecule has 3 aliphatic heterocycles. The summed E-state index contributed by atoms with van der Waals surface area (Å²) >= 11 is 0. The van der Waals surface area contributed by atoms with Crippen molar-refractivity contribution in [1.82, 2.24) is 0 Å². The Hall–Kier alpha value is -1.43. The summed E-state index contributed by atoms with van der Waals surface area (Å²) in [4.78, 5) is 12.2. The molecular formula is C16H18O5. The zero-order chi connectivity index (χ0) is 14.8. The maximum absolute atomic E-state index is 12.2. The molecule has 0 aliphatic carbocycles. The molecule has 1 aromatic carbocycles. The van der Waals surface area contributed by atoms with Crippen LogP contribution in [0, 0.1) is 0 Å². The molecule has 3 aliphatic rings. The first-order valence-corrected chi connectivity index (χ1v) is 7.24. The van der Waals surface area contributed by atoms with Gasteiger partial charge in [-0.15, -0.1) is 0 Å². The van der Waals surface area contributed by atoms with Crippen molar-refractivity contribution in [2.24, 2.45) is 0 Å². The molecule has 6 atom stereocenters. The Balaban J connectivity index is 1.56. The van der Waals surface area contributed by atoms with Crippen LogP contribution in [-0.4, -0.2) is 46.7 Å². The van der Waals surface area contributed by atoms with Gasteiger partial charge in [-0.05, 0) is 26.0 Å². The minimum absolute atomic E-state index is 0.00224. The van der Waals surface area contributed by atoms with Crippen molar-refractivity contribution in [1.29, 1.82) is 0 Å². The number of esters is 1. The van der Waals surface area contributed by atoms with Crippen LogP contribution in [0.15, 0.2) is 30.3 Å². The number of aliphatic hydroxyl groups is 1. The van der Waals surface area contributed by atoms with Crippen molar-refractivity contribution < 1.29 is 24.1 Å². The molecule has 4 rings (SSSR count). The first kappa shape index (κ1) is 13.2. The predicted molar refractivity (Wildman–Crippen MR) is 72.8 cm³/mol. The van der Waals surface area contributed by atoms with Gasteiger partial charge in [-0.1, -0.05) is 18.2 Å². The Morgan fingerprint density at radius 3 is 2.71 bits per heavy atom. The Kier molecular flexibility index (Phi) is 2.56. The molecule has 1 N–H and O–H groups in total. The van der Waals surface area contributed by atoms with Crippen molar-refractivity contribution in [3.8, 4) is 0 Å². The van der Waals surface area contributed by atoms with E-state index in [2.05, 4.69) is 0 Å². The standard InChI is InChI=1S/C16H18O5/c1-15-8-10(19-14(18)9-6-4-3-5-7-9)11(17)16(2,21-15)13-12(15)20-13/h3-7,10-13,17H,8H2,1-2H3/t10-,11-,12+,13-,15-,16+/m0/s1. The number of hydrogen-bond acceptors (Lipinski definition) is 5. The molecule has 0 spiro atoms. The highest BCUT2D eigenvalue weighted by atomic mass is 16.7. The summed E-state index contributed by atoms with van der Waals surface area (Å²) in [5.74, 6) is -0.414. The molecule has 2 bridgehead atoms. The molecule has 0 radical (unpaired) electrons. The number of ether oxygens (including phenoxy) is 3. The molecule has 0 saturated carbocycles. The van der Waals surface area contributed by atoms with Gasteiger partial charge in [-0.25, -0.2) is 4.79 Å². The lowest BCUT2D eigenvalue weighted by Crippen LogP contribution is -2.59. The van der Waals surface area contributed by atoms with Crippen molar-refractivity contribution >= 4 is 5.97 Å². The van der Waals surface area contributed by atoms with Gasteiger partial charge in [0.15, 0.2) is 0 Å². The van der Waals surface area contributed by atoms with Crippen LogP contribution in [0.25, 0.3) is 0 Å². The Bertz CT molecular complexity index is 588. The number of epoxide rings is 1. The number of rotatable bonds is 2. The van der Waals surface area contributed by atoms with Crippen molar-refractivity contribution in [2.75, 3.05) is 0 Å². The van der Waals surface area contributed by atoms with Crippen LogP contribution in [0.3, 0.4) is 0 Å². The van der Waals surface area contributed by atoms with E-state index in [1.165, 1.54) is 0 Å². The quantitative estimate of drug-likeness (QED) is 0.656. The minimum atomic E-state index is -0.879. The van der Waals surface area contributed by atoms with E-state index in [-0.39, 0.29) is 12.2 Å². The van der Waals surface area contributed by atoms with Gasteiger partial charge in [0.2, 0.25) is 0 Å². The third-order valence-electron chi connectivity index (χ3n) is 4.93. The van der Waals surface area contributed by atoms with Crippen LogP contribution >= 0.6 is 0 Å². The lowest BCUT2D eigenvalue weighted by atomic mass is 9.88. The molecule has 112 valence electrons. The van der Waals surface area contributed by atoms with Crippen LogP contribution in [0.2, 0.25) is 0 Å². The molecule has 0 unspecified atom stereocenters. The number of fused-ring (bicyclic) bond motifs is 5. The smallest absolute Gasteiger partial charge is 0.338 e. The van der Waals surface area contributed by atoms with Crippen molar-refractivity contribution in [2.45, 2.75) is 55.9 Å². The zero-order valence-electron chi connectivity index (χ0n) is 12.0.